The Morgan fingerprint density at radius 1 is 1.29 bits per heavy atom. The molecule has 1 N–H and O–H groups in total. The number of thiophene rings is 1. The minimum atomic E-state index is -0.667. The van der Waals surface area contributed by atoms with E-state index in [0.29, 0.717) is 9.36 Å². The summed E-state index contributed by atoms with van der Waals surface area (Å²) in [6, 6.07) is 7.33. The number of aryl methyl sites for hydroxylation is 1. The Kier molecular flexibility index (Phi) is 4.16. The van der Waals surface area contributed by atoms with Gasteiger partial charge in [-0.3, -0.25) is 0 Å². The van der Waals surface area contributed by atoms with Crippen molar-refractivity contribution in [3.05, 3.63) is 54.1 Å². The van der Waals surface area contributed by atoms with E-state index in [0.717, 1.165) is 20.5 Å². The molecule has 1 heterocycles. The molecule has 0 aliphatic rings. The van der Waals surface area contributed by atoms with Gasteiger partial charge in [-0.1, -0.05) is 35.3 Å². The van der Waals surface area contributed by atoms with Gasteiger partial charge in [0.2, 0.25) is 0 Å². The van der Waals surface area contributed by atoms with Crippen LogP contribution in [0.4, 0.5) is 0 Å². The Morgan fingerprint density at radius 2 is 2.00 bits per heavy atom. The molecule has 17 heavy (non-hydrogen) atoms. The minimum Gasteiger partial charge on any atom is -0.383 e. The Morgan fingerprint density at radius 3 is 2.53 bits per heavy atom. The average molecular weight is 352 g/mol. The molecule has 0 amide bonds. The van der Waals surface area contributed by atoms with E-state index in [2.05, 4.69) is 15.9 Å². The van der Waals surface area contributed by atoms with Crippen LogP contribution in [0.2, 0.25) is 9.36 Å². The lowest BCUT2D eigenvalue weighted by Gasteiger charge is -2.10. The first kappa shape index (κ1) is 13.4. The van der Waals surface area contributed by atoms with E-state index >= 15 is 0 Å². The Bertz CT molecular complexity index is 534. The van der Waals surface area contributed by atoms with Crippen molar-refractivity contribution < 1.29 is 5.11 Å². The van der Waals surface area contributed by atoms with Gasteiger partial charge in [-0.25, -0.2) is 0 Å². The molecule has 1 aromatic carbocycles. The average Bonchev–Trinajstić information content (AvgIpc) is 2.62. The monoisotopic (exact) mass is 350 g/mol. The quantitative estimate of drug-likeness (QED) is 0.787. The van der Waals surface area contributed by atoms with Gasteiger partial charge in [0, 0.05) is 14.4 Å². The van der Waals surface area contributed by atoms with Gasteiger partial charge in [-0.05, 0) is 46.1 Å². The van der Waals surface area contributed by atoms with Crippen molar-refractivity contribution in [3.63, 3.8) is 0 Å². The second kappa shape index (κ2) is 5.29. The van der Waals surface area contributed by atoms with Crippen molar-refractivity contribution >= 4 is 50.5 Å². The summed E-state index contributed by atoms with van der Waals surface area (Å²) in [5.41, 5.74) is 1.77. The van der Waals surface area contributed by atoms with Crippen LogP contribution in [0.3, 0.4) is 0 Å². The van der Waals surface area contributed by atoms with Gasteiger partial charge in [-0.15, -0.1) is 11.3 Å². The first-order valence-electron chi connectivity index (χ1n) is 4.88. The van der Waals surface area contributed by atoms with E-state index in [9.17, 15) is 5.11 Å². The third-order valence-electron chi connectivity index (χ3n) is 2.43. The molecule has 1 aromatic heterocycles. The van der Waals surface area contributed by atoms with Gasteiger partial charge in [0.1, 0.15) is 10.4 Å². The first-order valence-corrected chi connectivity index (χ1v) is 7.24. The molecule has 2 aromatic rings. The molecule has 1 nitrogen and oxygen atoms in total. The van der Waals surface area contributed by atoms with Crippen LogP contribution in [0.25, 0.3) is 0 Å². The molecule has 0 saturated carbocycles. The summed E-state index contributed by atoms with van der Waals surface area (Å²) >= 11 is 16.6. The summed E-state index contributed by atoms with van der Waals surface area (Å²) in [4.78, 5) is 0.809. The highest BCUT2D eigenvalue weighted by Crippen LogP contribution is 2.37. The molecule has 1 atom stereocenters. The molecular weight excluding hydrogens is 343 g/mol. The Hall–Kier alpha value is -0.0600. The number of hydrogen-bond acceptors (Lipinski definition) is 2. The fourth-order valence-electron chi connectivity index (χ4n) is 1.50. The number of aliphatic hydroxyl groups excluding tert-OH is 1. The van der Waals surface area contributed by atoms with E-state index in [1.165, 1.54) is 11.3 Å². The van der Waals surface area contributed by atoms with Gasteiger partial charge in [0.25, 0.3) is 0 Å². The molecule has 90 valence electrons. The molecule has 0 saturated heterocycles. The van der Waals surface area contributed by atoms with E-state index in [1.54, 1.807) is 6.07 Å². The minimum absolute atomic E-state index is 0.643. The van der Waals surface area contributed by atoms with Crippen LogP contribution >= 0.6 is 50.5 Å². The fourth-order valence-corrected chi connectivity index (χ4v) is 3.37. The van der Waals surface area contributed by atoms with Crippen LogP contribution in [-0.4, -0.2) is 5.11 Å². The summed E-state index contributed by atoms with van der Waals surface area (Å²) in [5.74, 6) is 0. The fraction of sp³-hybridized carbons (Fsp3) is 0.167. The summed E-state index contributed by atoms with van der Waals surface area (Å²) in [6.45, 7) is 1.91. The third kappa shape index (κ3) is 2.85. The number of hydrogen-bond donors (Lipinski definition) is 1. The van der Waals surface area contributed by atoms with Gasteiger partial charge < -0.3 is 5.11 Å². The summed E-state index contributed by atoms with van der Waals surface area (Å²) in [7, 11) is 0. The zero-order valence-corrected chi connectivity index (χ0v) is 12.8. The maximum Gasteiger partial charge on any atom is 0.113 e. The van der Waals surface area contributed by atoms with Crippen LogP contribution in [0.5, 0.6) is 0 Å². The molecular formula is C12H9BrCl2OS. The lowest BCUT2D eigenvalue weighted by molar-refractivity contribution is 0.224. The topological polar surface area (TPSA) is 20.2 Å². The van der Waals surface area contributed by atoms with Gasteiger partial charge >= 0.3 is 0 Å². The van der Waals surface area contributed by atoms with Gasteiger partial charge in [0.05, 0.1) is 0 Å². The zero-order valence-electron chi connectivity index (χ0n) is 8.88. The van der Waals surface area contributed by atoms with Gasteiger partial charge in [0.15, 0.2) is 0 Å². The maximum absolute atomic E-state index is 10.2. The van der Waals surface area contributed by atoms with Crippen molar-refractivity contribution in [1.82, 2.24) is 0 Å². The second-order valence-electron chi connectivity index (χ2n) is 3.68. The molecule has 5 heteroatoms. The zero-order chi connectivity index (χ0) is 12.6. The number of halogens is 3. The van der Waals surface area contributed by atoms with E-state index in [1.807, 2.05) is 25.1 Å². The van der Waals surface area contributed by atoms with Crippen molar-refractivity contribution in [2.75, 3.05) is 0 Å². The number of benzene rings is 1. The highest BCUT2D eigenvalue weighted by atomic mass is 79.9. The van der Waals surface area contributed by atoms with Crippen molar-refractivity contribution in [3.8, 4) is 0 Å². The molecule has 0 aliphatic carbocycles. The van der Waals surface area contributed by atoms with Crippen LogP contribution in [0.15, 0.2) is 28.7 Å². The van der Waals surface area contributed by atoms with Crippen LogP contribution in [-0.2, 0) is 0 Å². The highest BCUT2D eigenvalue weighted by molar-refractivity contribution is 9.10. The van der Waals surface area contributed by atoms with Crippen LogP contribution in [0, 0.1) is 6.92 Å². The van der Waals surface area contributed by atoms with E-state index in [4.69, 9.17) is 23.2 Å². The normalized spacial score (nSPS) is 12.8. The number of aliphatic hydroxyl groups is 1. The summed E-state index contributed by atoms with van der Waals surface area (Å²) < 4.78 is 1.45. The van der Waals surface area contributed by atoms with Crippen LogP contribution < -0.4 is 0 Å². The maximum atomic E-state index is 10.2. The van der Waals surface area contributed by atoms with Crippen LogP contribution in [0.1, 0.15) is 22.1 Å². The summed E-state index contributed by atoms with van der Waals surface area (Å²) in [5, 5.41) is 10.9. The SMILES string of the molecule is Cc1cc(C(O)c2cc(Br)c(Cl)s2)ccc1Cl. The second-order valence-corrected chi connectivity index (χ2v) is 6.63. The first-order chi connectivity index (χ1) is 7.99. The van der Waals surface area contributed by atoms with E-state index < -0.39 is 6.10 Å². The lowest BCUT2D eigenvalue weighted by atomic mass is 10.1. The lowest BCUT2D eigenvalue weighted by Crippen LogP contribution is -1.97. The predicted molar refractivity (Wildman–Crippen MR) is 77.3 cm³/mol. The van der Waals surface area contributed by atoms with Gasteiger partial charge in [-0.2, -0.15) is 0 Å². The molecule has 0 fully saturated rings. The van der Waals surface area contributed by atoms with Crippen molar-refractivity contribution in [2.45, 2.75) is 13.0 Å². The third-order valence-corrected chi connectivity index (χ3v) is 5.38. The molecule has 1 unspecified atom stereocenters. The summed E-state index contributed by atoms with van der Waals surface area (Å²) in [6.07, 6.45) is -0.667. The highest BCUT2D eigenvalue weighted by Gasteiger charge is 2.15. The molecule has 2 rings (SSSR count). The molecule has 0 bridgehead atoms. The molecule has 0 aliphatic heterocycles. The molecule has 0 radical (unpaired) electrons. The molecule has 0 spiro atoms. The largest absolute Gasteiger partial charge is 0.383 e. The van der Waals surface area contributed by atoms with Crippen molar-refractivity contribution in [1.29, 1.82) is 0 Å². The smallest absolute Gasteiger partial charge is 0.113 e. The predicted octanol–water partition coefficient (Wildman–Crippen LogP) is 5.21. The van der Waals surface area contributed by atoms with E-state index in [-0.39, 0.29) is 0 Å². The van der Waals surface area contributed by atoms with Crippen molar-refractivity contribution in [2.24, 2.45) is 0 Å². The Labute approximate surface area is 122 Å². The standard InChI is InChI=1S/C12H9BrCl2OS/c1-6-4-7(2-3-9(6)14)11(16)10-5-8(13)12(15)17-10/h2-5,11,16H,1H3. The number of rotatable bonds is 2. The Balaban J connectivity index is 2.36.